The fraction of sp³-hybridized carbons (Fsp3) is 0.286. The molecule has 2 heterocycles. The highest BCUT2D eigenvalue weighted by Gasteiger charge is 2.20. The van der Waals surface area contributed by atoms with E-state index in [0.29, 0.717) is 0 Å². The number of nitrogens with one attached hydrogen (secondary N) is 2. The van der Waals surface area contributed by atoms with Gasteiger partial charge < -0.3 is 10.4 Å². The molecular weight excluding hydrogens is 440 g/mol. The van der Waals surface area contributed by atoms with E-state index in [1.807, 2.05) is 35.0 Å². The molecule has 1 aliphatic heterocycles. The molecule has 2 N–H and O–H groups in total. The summed E-state index contributed by atoms with van der Waals surface area (Å²) in [6.07, 6.45) is 4.89. The van der Waals surface area contributed by atoms with Crippen molar-refractivity contribution in [3.63, 3.8) is 0 Å². The normalized spacial score (nSPS) is 13.6. The third-order valence-electron chi connectivity index (χ3n) is 4.95. The molecule has 2 aromatic carbocycles. The first-order valence-corrected chi connectivity index (χ1v) is 10.6. The van der Waals surface area contributed by atoms with Gasteiger partial charge in [0.05, 0.1) is 11.2 Å². The second kappa shape index (κ2) is 8.55. The minimum absolute atomic E-state index is 0.0461. The average molecular weight is 462 g/mol. The first kappa shape index (κ1) is 19.3. The van der Waals surface area contributed by atoms with Gasteiger partial charge in [0.1, 0.15) is 0 Å². The van der Waals surface area contributed by atoms with Crippen LogP contribution in [0.25, 0.3) is 10.9 Å². The van der Waals surface area contributed by atoms with Crippen LogP contribution >= 0.6 is 27.5 Å². The molecule has 146 valence electrons. The zero-order valence-corrected chi connectivity index (χ0v) is 17.8. The highest BCUT2D eigenvalue weighted by Crippen LogP contribution is 2.36. The lowest BCUT2D eigenvalue weighted by Crippen LogP contribution is -2.42. The molecule has 0 aliphatic carbocycles. The number of halogens is 2. The molecule has 1 aromatic heterocycles. The first-order chi connectivity index (χ1) is 13.6. The summed E-state index contributed by atoms with van der Waals surface area (Å²) in [6.45, 7) is 2.62. The maximum Gasteiger partial charge on any atom is 0.189 e. The van der Waals surface area contributed by atoms with Gasteiger partial charge in [0.25, 0.3) is 0 Å². The highest BCUT2D eigenvalue weighted by molar-refractivity contribution is 9.10. The quantitative estimate of drug-likeness (QED) is 0.537. The fourth-order valence-electron chi connectivity index (χ4n) is 3.65. The number of hydrogen-bond donors (Lipinski definition) is 2. The van der Waals surface area contributed by atoms with Crippen molar-refractivity contribution in [2.75, 3.05) is 30.1 Å². The van der Waals surface area contributed by atoms with Crippen LogP contribution in [0.1, 0.15) is 18.4 Å². The van der Waals surface area contributed by atoms with Crippen molar-refractivity contribution in [2.45, 2.75) is 19.3 Å². The molecule has 7 heteroatoms. The Kier molecular flexibility index (Phi) is 5.90. The zero-order chi connectivity index (χ0) is 19.5. The summed E-state index contributed by atoms with van der Waals surface area (Å²) in [4.78, 5) is 12.0. The van der Waals surface area contributed by atoms with Crippen LogP contribution in [0.3, 0.4) is 0 Å². The number of hydrazine groups is 1. The minimum atomic E-state index is 0.0461. The molecule has 0 amide bonds. The van der Waals surface area contributed by atoms with E-state index in [1.165, 1.54) is 11.3 Å². The van der Waals surface area contributed by atoms with E-state index in [-0.39, 0.29) is 5.43 Å². The summed E-state index contributed by atoms with van der Waals surface area (Å²) in [7, 11) is 0. The summed E-state index contributed by atoms with van der Waals surface area (Å²) in [5, 5.41) is 3.71. The van der Waals surface area contributed by atoms with Gasteiger partial charge in [0.15, 0.2) is 5.43 Å². The zero-order valence-electron chi connectivity index (χ0n) is 15.4. The molecule has 0 bridgehead atoms. The maximum atomic E-state index is 12.0. The van der Waals surface area contributed by atoms with Crippen molar-refractivity contribution in [1.29, 1.82) is 0 Å². The van der Waals surface area contributed by atoms with E-state index >= 15 is 0 Å². The molecule has 1 aliphatic rings. The Balaban J connectivity index is 1.35. The van der Waals surface area contributed by atoms with Crippen molar-refractivity contribution >= 4 is 44.1 Å². The van der Waals surface area contributed by atoms with E-state index < -0.39 is 0 Å². The Labute approximate surface area is 177 Å². The van der Waals surface area contributed by atoms with Crippen LogP contribution in [0.5, 0.6) is 0 Å². The fourth-order valence-corrected chi connectivity index (χ4v) is 4.74. The van der Waals surface area contributed by atoms with Crippen molar-refractivity contribution in [1.82, 2.24) is 10.1 Å². The standard InChI is InChI=1S/C21H22BrClN4O/c22-18-14-16(23)13-15-5-3-11-27(21(15)18)25-10-4-9-24-26-12-8-20(28)17-6-1-2-7-19(17)26/h1-2,6-8,12-14,24-25H,3-5,9-11H2. The SMILES string of the molecule is O=c1ccn(NCCCNN2CCCc3cc(Cl)cc(Br)c32)c2ccccc12. The minimum Gasteiger partial charge on any atom is -0.326 e. The highest BCUT2D eigenvalue weighted by atomic mass is 79.9. The Hall–Kier alpha value is -2.02. The lowest BCUT2D eigenvalue weighted by atomic mass is 10.0. The van der Waals surface area contributed by atoms with Gasteiger partial charge in [-0.1, -0.05) is 23.7 Å². The van der Waals surface area contributed by atoms with Crippen LogP contribution in [0.4, 0.5) is 5.69 Å². The molecule has 0 unspecified atom stereocenters. The second-order valence-corrected chi connectivity index (χ2v) is 8.18. The Morgan fingerprint density at radius 3 is 2.82 bits per heavy atom. The first-order valence-electron chi connectivity index (χ1n) is 9.47. The molecule has 0 saturated carbocycles. The smallest absolute Gasteiger partial charge is 0.189 e. The van der Waals surface area contributed by atoms with E-state index in [1.54, 1.807) is 12.3 Å². The van der Waals surface area contributed by atoms with Gasteiger partial charge in [-0.15, -0.1) is 0 Å². The number of benzene rings is 2. The van der Waals surface area contributed by atoms with Crippen LogP contribution in [-0.2, 0) is 6.42 Å². The van der Waals surface area contributed by atoms with Gasteiger partial charge in [-0.2, -0.15) is 0 Å². The third-order valence-corrected chi connectivity index (χ3v) is 5.77. The summed E-state index contributed by atoms with van der Waals surface area (Å²) in [6, 6.07) is 13.2. The van der Waals surface area contributed by atoms with Crippen LogP contribution in [-0.4, -0.2) is 24.3 Å². The predicted molar refractivity (Wildman–Crippen MR) is 120 cm³/mol. The number of para-hydroxylation sites is 1. The predicted octanol–water partition coefficient (Wildman–Crippen LogP) is 4.31. The largest absolute Gasteiger partial charge is 0.326 e. The van der Waals surface area contributed by atoms with Gasteiger partial charge in [0.2, 0.25) is 0 Å². The molecule has 5 nitrogen and oxygen atoms in total. The van der Waals surface area contributed by atoms with Crippen molar-refractivity contribution in [3.05, 3.63) is 73.9 Å². The number of pyridine rings is 1. The third kappa shape index (κ3) is 4.04. The van der Waals surface area contributed by atoms with Gasteiger partial charge in [-0.3, -0.25) is 9.47 Å². The van der Waals surface area contributed by atoms with E-state index in [2.05, 4.69) is 37.9 Å². The number of aromatic nitrogens is 1. The van der Waals surface area contributed by atoms with Gasteiger partial charge in [-0.25, -0.2) is 5.43 Å². The van der Waals surface area contributed by atoms with Crippen molar-refractivity contribution in [2.24, 2.45) is 0 Å². The molecule has 4 rings (SSSR count). The molecule has 0 spiro atoms. The molecule has 0 atom stereocenters. The van der Waals surface area contributed by atoms with E-state index in [9.17, 15) is 4.79 Å². The van der Waals surface area contributed by atoms with Crippen LogP contribution in [0.15, 0.2) is 57.9 Å². The number of anilines is 1. The van der Waals surface area contributed by atoms with Gasteiger partial charge in [-0.05, 0) is 65.0 Å². The molecule has 0 fully saturated rings. The number of fused-ring (bicyclic) bond motifs is 2. The van der Waals surface area contributed by atoms with E-state index in [0.717, 1.165) is 59.3 Å². The monoisotopic (exact) mass is 460 g/mol. The van der Waals surface area contributed by atoms with Crippen LogP contribution in [0.2, 0.25) is 5.02 Å². The number of hydrogen-bond acceptors (Lipinski definition) is 4. The summed E-state index contributed by atoms with van der Waals surface area (Å²) in [5.41, 5.74) is 10.3. The van der Waals surface area contributed by atoms with Crippen LogP contribution < -0.4 is 21.3 Å². The van der Waals surface area contributed by atoms with Crippen LogP contribution in [0, 0.1) is 0 Å². The Morgan fingerprint density at radius 1 is 1.11 bits per heavy atom. The Bertz CT molecular complexity index is 1050. The summed E-state index contributed by atoms with van der Waals surface area (Å²) < 4.78 is 2.95. The molecule has 0 radical (unpaired) electrons. The number of rotatable bonds is 6. The maximum absolute atomic E-state index is 12.0. The lowest BCUT2D eigenvalue weighted by Gasteiger charge is -2.33. The number of nitrogens with zero attached hydrogens (tertiary/aromatic N) is 2. The van der Waals surface area contributed by atoms with E-state index in [4.69, 9.17) is 11.6 Å². The average Bonchev–Trinajstić information content (AvgIpc) is 2.69. The summed E-state index contributed by atoms with van der Waals surface area (Å²) in [5.74, 6) is 0. The topological polar surface area (TPSA) is 49.3 Å². The van der Waals surface area contributed by atoms with Gasteiger partial charge >= 0.3 is 0 Å². The van der Waals surface area contributed by atoms with Crippen molar-refractivity contribution in [3.8, 4) is 0 Å². The number of aryl methyl sites for hydroxylation is 1. The van der Waals surface area contributed by atoms with Crippen molar-refractivity contribution < 1.29 is 0 Å². The summed E-state index contributed by atoms with van der Waals surface area (Å²) >= 11 is 9.83. The second-order valence-electron chi connectivity index (χ2n) is 6.89. The van der Waals surface area contributed by atoms with Gasteiger partial charge in [0, 0.05) is 46.8 Å². The lowest BCUT2D eigenvalue weighted by molar-refractivity contribution is 0.567. The molecule has 0 saturated heterocycles. The molecule has 3 aromatic rings. The Morgan fingerprint density at radius 2 is 1.93 bits per heavy atom. The molecule has 28 heavy (non-hydrogen) atoms. The molecular formula is C21H22BrClN4O.